The summed E-state index contributed by atoms with van der Waals surface area (Å²) in [6.45, 7) is 3.35. The Morgan fingerprint density at radius 2 is 1.96 bits per heavy atom. The molecule has 6 nitrogen and oxygen atoms in total. The van der Waals surface area contributed by atoms with Gasteiger partial charge in [0.2, 0.25) is 23.2 Å². The van der Waals surface area contributed by atoms with E-state index in [-0.39, 0.29) is 28.6 Å². The van der Waals surface area contributed by atoms with Gasteiger partial charge in [-0.15, -0.1) is 0 Å². The van der Waals surface area contributed by atoms with Crippen molar-refractivity contribution in [2.75, 3.05) is 26.2 Å². The molecule has 0 unspecified atom stereocenters. The number of halogens is 2. The van der Waals surface area contributed by atoms with Crippen LogP contribution in [0.1, 0.15) is 33.9 Å². The van der Waals surface area contributed by atoms with Gasteiger partial charge in [0.1, 0.15) is 11.6 Å². The lowest BCUT2D eigenvalue weighted by Gasteiger charge is -2.17. The number of carbonyl (C=O) groups is 2. The maximum absolute atomic E-state index is 13.9. The number of carbonyl (C=O) groups excluding carboxylic acids is 2. The second-order valence-corrected chi connectivity index (χ2v) is 6.55. The second-order valence-electron chi connectivity index (χ2n) is 6.55. The summed E-state index contributed by atoms with van der Waals surface area (Å²) >= 11 is 0. The van der Waals surface area contributed by atoms with Crippen LogP contribution in [0.3, 0.4) is 0 Å². The summed E-state index contributed by atoms with van der Waals surface area (Å²) in [5.41, 5.74) is -0.301. The maximum atomic E-state index is 13.9. The van der Waals surface area contributed by atoms with Gasteiger partial charge < -0.3 is 14.6 Å². The van der Waals surface area contributed by atoms with E-state index in [0.717, 1.165) is 43.9 Å². The van der Waals surface area contributed by atoms with Gasteiger partial charge in [-0.1, -0.05) is 0 Å². The number of benzene rings is 1. The number of Topliss-reactive ketones (excluding diaryl/α,β-unsaturated/α-hetero) is 1. The number of hydrogen-bond acceptors (Lipinski definition) is 6. The first-order valence-corrected chi connectivity index (χ1v) is 8.76. The summed E-state index contributed by atoms with van der Waals surface area (Å²) < 4.78 is 32.6. The average molecular weight is 373 g/mol. The Hall–Kier alpha value is -2.87. The first-order chi connectivity index (χ1) is 13.0. The molecule has 0 amide bonds. The van der Waals surface area contributed by atoms with Crippen molar-refractivity contribution in [2.24, 2.45) is 0 Å². The number of fused-ring (bicyclic) bond motifs is 1. The van der Waals surface area contributed by atoms with E-state index >= 15 is 0 Å². The third kappa shape index (κ3) is 3.40. The van der Waals surface area contributed by atoms with Crippen molar-refractivity contribution in [2.45, 2.75) is 12.8 Å². The van der Waals surface area contributed by atoms with Crippen molar-refractivity contribution in [1.82, 2.24) is 15.2 Å². The first-order valence-electron chi connectivity index (χ1n) is 8.76. The molecule has 2 aromatic rings. The molecule has 0 radical (unpaired) electrons. The number of likely N-dealkylation sites (tertiary alicyclic amines) is 1. The average Bonchev–Trinajstić information content (AvgIpc) is 3.31. The molecule has 4 rings (SSSR count). The van der Waals surface area contributed by atoms with Crippen molar-refractivity contribution >= 4 is 11.6 Å². The first kappa shape index (κ1) is 17.5. The van der Waals surface area contributed by atoms with Crippen LogP contribution in [0.15, 0.2) is 34.4 Å². The van der Waals surface area contributed by atoms with Gasteiger partial charge in [0, 0.05) is 19.2 Å². The van der Waals surface area contributed by atoms with Crippen LogP contribution in [0.2, 0.25) is 0 Å². The van der Waals surface area contributed by atoms with Crippen LogP contribution >= 0.6 is 0 Å². The summed E-state index contributed by atoms with van der Waals surface area (Å²) in [4.78, 5) is 31.1. The lowest BCUT2D eigenvalue weighted by Crippen LogP contribution is -2.33. The van der Waals surface area contributed by atoms with Crippen molar-refractivity contribution in [1.29, 1.82) is 0 Å². The number of allylic oxidation sites excluding steroid dienone is 2. The Labute approximate surface area is 153 Å². The molecular formula is C19H17F2N3O3. The molecule has 140 valence electrons. The van der Waals surface area contributed by atoms with Crippen LogP contribution in [-0.2, 0) is 0 Å². The fourth-order valence-corrected chi connectivity index (χ4v) is 3.29. The largest absolute Gasteiger partial charge is 0.432 e. The van der Waals surface area contributed by atoms with E-state index in [4.69, 9.17) is 4.42 Å². The monoisotopic (exact) mass is 373 g/mol. The van der Waals surface area contributed by atoms with Crippen molar-refractivity contribution in [3.63, 3.8) is 0 Å². The molecule has 8 heteroatoms. The highest BCUT2D eigenvalue weighted by molar-refractivity contribution is 6.22. The van der Waals surface area contributed by atoms with E-state index in [2.05, 4.69) is 15.2 Å². The smallest absolute Gasteiger partial charge is 0.231 e. The minimum absolute atomic E-state index is 0.131. The van der Waals surface area contributed by atoms with Gasteiger partial charge in [-0.3, -0.25) is 9.59 Å². The Morgan fingerprint density at radius 3 is 2.74 bits per heavy atom. The van der Waals surface area contributed by atoms with Crippen molar-refractivity contribution in [3.05, 3.63) is 53.1 Å². The highest BCUT2D eigenvalue weighted by Gasteiger charge is 2.32. The van der Waals surface area contributed by atoms with Crippen molar-refractivity contribution < 1.29 is 22.8 Å². The Bertz CT molecular complexity index is 946. The third-order valence-electron chi connectivity index (χ3n) is 4.69. The van der Waals surface area contributed by atoms with Crippen molar-refractivity contribution in [3.8, 4) is 11.5 Å². The summed E-state index contributed by atoms with van der Waals surface area (Å²) in [7, 11) is 0. The topological polar surface area (TPSA) is 75.4 Å². The van der Waals surface area contributed by atoms with Gasteiger partial charge in [-0.25, -0.2) is 13.8 Å². The summed E-state index contributed by atoms with van der Waals surface area (Å²) in [5.74, 6) is -3.04. The zero-order valence-electron chi connectivity index (χ0n) is 14.4. The zero-order chi connectivity index (χ0) is 19.0. The second kappa shape index (κ2) is 7.03. The normalized spacial score (nSPS) is 17.2. The SMILES string of the molecule is O=C1C(NCCN2CCCC2)=CC(=O)c2oc(-c3cc(F)ccc3F)nc21. The molecule has 2 heterocycles. The number of nitrogens with zero attached hydrogens (tertiary/aromatic N) is 2. The minimum atomic E-state index is -0.758. The van der Waals surface area contributed by atoms with E-state index in [0.29, 0.717) is 6.54 Å². The van der Waals surface area contributed by atoms with E-state index in [9.17, 15) is 18.4 Å². The van der Waals surface area contributed by atoms with E-state index in [1.165, 1.54) is 12.8 Å². The van der Waals surface area contributed by atoms with E-state index in [1.54, 1.807) is 0 Å². The van der Waals surface area contributed by atoms with Crippen LogP contribution in [0.5, 0.6) is 0 Å². The molecule has 0 atom stereocenters. The van der Waals surface area contributed by atoms with Gasteiger partial charge in [0.25, 0.3) is 0 Å². The highest BCUT2D eigenvalue weighted by Crippen LogP contribution is 2.29. The fourth-order valence-electron chi connectivity index (χ4n) is 3.29. The Kier molecular flexibility index (Phi) is 4.57. The fraction of sp³-hybridized carbons (Fsp3) is 0.316. The van der Waals surface area contributed by atoms with Crippen LogP contribution in [0, 0.1) is 11.6 Å². The third-order valence-corrected chi connectivity index (χ3v) is 4.69. The summed E-state index contributed by atoms with van der Waals surface area (Å²) in [6.07, 6.45) is 3.50. The lowest BCUT2D eigenvalue weighted by molar-refractivity contribution is 0.0960. The number of rotatable bonds is 5. The van der Waals surface area contributed by atoms with Crippen LogP contribution in [0.4, 0.5) is 8.78 Å². The molecule has 1 fully saturated rings. The molecule has 1 aromatic carbocycles. The molecule has 27 heavy (non-hydrogen) atoms. The number of oxazole rings is 1. The molecule has 2 aliphatic rings. The van der Waals surface area contributed by atoms with Gasteiger partial charge in [0.05, 0.1) is 11.3 Å². The van der Waals surface area contributed by atoms with Gasteiger partial charge >= 0.3 is 0 Å². The molecule has 0 spiro atoms. The number of hydrogen-bond donors (Lipinski definition) is 1. The standard InChI is InChI=1S/C19H17F2N3O3/c20-11-3-4-13(21)12(9-11)19-23-16-17(26)14(10-15(25)18(16)27-19)22-5-8-24-6-1-2-7-24/h3-4,9-10,22H,1-2,5-8H2. The van der Waals surface area contributed by atoms with Gasteiger partial charge in [-0.2, -0.15) is 0 Å². The van der Waals surface area contributed by atoms with E-state index < -0.39 is 23.2 Å². The van der Waals surface area contributed by atoms with Gasteiger partial charge in [0.15, 0.2) is 5.69 Å². The molecular weight excluding hydrogens is 356 g/mol. The molecule has 1 aromatic heterocycles. The molecule has 0 bridgehead atoms. The van der Waals surface area contributed by atoms with E-state index in [1.807, 2.05) is 0 Å². The molecule has 1 saturated heterocycles. The lowest BCUT2D eigenvalue weighted by atomic mass is 10.0. The molecule has 1 aliphatic carbocycles. The van der Waals surface area contributed by atoms with Crippen LogP contribution < -0.4 is 5.32 Å². The number of aromatic nitrogens is 1. The van der Waals surface area contributed by atoms with Crippen LogP contribution in [-0.4, -0.2) is 47.6 Å². The summed E-state index contributed by atoms with van der Waals surface area (Å²) in [5, 5.41) is 2.97. The predicted octanol–water partition coefficient (Wildman–Crippen LogP) is 2.57. The quantitative estimate of drug-likeness (QED) is 0.868. The maximum Gasteiger partial charge on any atom is 0.231 e. The minimum Gasteiger partial charge on any atom is -0.432 e. The molecule has 0 saturated carbocycles. The van der Waals surface area contributed by atoms with Gasteiger partial charge in [-0.05, 0) is 44.1 Å². The van der Waals surface area contributed by atoms with Crippen LogP contribution in [0.25, 0.3) is 11.5 Å². The Morgan fingerprint density at radius 1 is 1.19 bits per heavy atom. The molecule has 1 aliphatic heterocycles. The number of nitrogens with one attached hydrogen (secondary N) is 1. The Balaban J connectivity index is 1.54. The molecule has 1 N–H and O–H groups in total. The summed E-state index contributed by atoms with van der Waals surface area (Å²) in [6, 6.07) is 2.80. The number of ketones is 2. The zero-order valence-corrected chi connectivity index (χ0v) is 14.4. The highest BCUT2D eigenvalue weighted by atomic mass is 19.1. The predicted molar refractivity (Wildman–Crippen MR) is 92.3 cm³/mol.